The van der Waals surface area contributed by atoms with Gasteiger partial charge in [-0.05, 0) is 25.7 Å². The first-order chi connectivity index (χ1) is 8.42. The number of nitrogens with one attached hydrogen (secondary N) is 2. The smallest absolute Gasteiger partial charge is 0.305 e. The Hall–Kier alpha value is -0.660. The first-order valence-corrected chi connectivity index (χ1v) is 8.44. The highest BCUT2D eigenvalue weighted by Crippen LogP contribution is 2.34. The molecule has 7 heteroatoms. The van der Waals surface area contributed by atoms with Crippen LogP contribution < -0.4 is 9.60 Å². The van der Waals surface area contributed by atoms with E-state index in [0.717, 1.165) is 24.2 Å². The van der Waals surface area contributed by atoms with Crippen LogP contribution in [0, 0.1) is 12.8 Å². The van der Waals surface area contributed by atoms with Crippen molar-refractivity contribution in [2.75, 3.05) is 0 Å². The number of rotatable bonds is 6. The van der Waals surface area contributed by atoms with Crippen LogP contribution in [0.1, 0.15) is 38.3 Å². The summed E-state index contributed by atoms with van der Waals surface area (Å²) in [5.74, 6) is 0.670. The molecule has 2 N–H and O–H groups in total. The van der Waals surface area contributed by atoms with E-state index in [0.29, 0.717) is 11.6 Å². The molecule has 5 nitrogen and oxygen atoms in total. The van der Waals surface area contributed by atoms with E-state index in [1.54, 1.807) is 6.92 Å². The molecule has 1 aliphatic rings. The van der Waals surface area contributed by atoms with Gasteiger partial charge in [-0.15, -0.1) is 0 Å². The fraction of sp³-hybridized carbons (Fsp3) is 0.727. The van der Waals surface area contributed by atoms with Crippen LogP contribution >= 0.6 is 11.3 Å². The lowest BCUT2D eigenvalue weighted by Crippen LogP contribution is -2.34. The molecule has 0 spiro atoms. The molecule has 0 amide bonds. The zero-order valence-electron chi connectivity index (χ0n) is 10.5. The average Bonchev–Trinajstić information content (AvgIpc) is 3.01. The zero-order valence-corrected chi connectivity index (χ0v) is 12.2. The number of aromatic amines is 1. The van der Waals surface area contributed by atoms with Gasteiger partial charge in [-0.25, -0.2) is 13.1 Å². The van der Waals surface area contributed by atoms with Gasteiger partial charge < -0.3 is 4.98 Å². The summed E-state index contributed by atoms with van der Waals surface area (Å²) in [4.78, 5) is 13.3. The molecule has 1 aromatic heterocycles. The summed E-state index contributed by atoms with van der Waals surface area (Å²) in [5, 5.41) is 0. The van der Waals surface area contributed by atoms with Crippen LogP contribution in [-0.4, -0.2) is 19.4 Å². The maximum absolute atomic E-state index is 12.2. The van der Waals surface area contributed by atoms with Crippen molar-refractivity contribution < 1.29 is 8.42 Å². The van der Waals surface area contributed by atoms with E-state index >= 15 is 0 Å². The Kier molecular flexibility index (Phi) is 3.93. The average molecular weight is 290 g/mol. The summed E-state index contributed by atoms with van der Waals surface area (Å²) in [6.45, 7) is 3.58. The zero-order chi connectivity index (χ0) is 13.3. The summed E-state index contributed by atoms with van der Waals surface area (Å²) in [5.41, 5.74) is 0.416. The standard InChI is InChI=1S/C11H18N2O3S2/c1-3-9(6-8-4-5-8)13-18(15,16)10-7(2)12-11(14)17-10/h8-9,13H,3-6H2,1-2H3,(H,12,14). The molecule has 0 bridgehead atoms. The number of hydrogen-bond donors (Lipinski definition) is 2. The Bertz CT molecular complexity index is 569. The van der Waals surface area contributed by atoms with Crippen molar-refractivity contribution in [1.29, 1.82) is 0 Å². The van der Waals surface area contributed by atoms with E-state index in [1.165, 1.54) is 12.8 Å². The monoisotopic (exact) mass is 290 g/mol. The van der Waals surface area contributed by atoms with E-state index in [1.807, 2.05) is 6.92 Å². The van der Waals surface area contributed by atoms with Crippen molar-refractivity contribution >= 4 is 21.4 Å². The van der Waals surface area contributed by atoms with Crippen LogP contribution in [0.3, 0.4) is 0 Å². The summed E-state index contributed by atoms with van der Waals surface area (Å²) >= 11 is 0.747. The highest BCUT2D eigenvalue weighted by Gasteiger charge is 2.29. The third-order valence-corrected chi connectivity index (χ3v) is 6.28. The maximum Gasteiger partial charge on any atom is 0.305 e. The third-order valence-electron chi connectivity index (χ3n) is 3.15. The maximum atomic E-state index is 12.2. The number of sulfonamides is 1. The summed E-state index contributed by atoms with van der Waals surface area (Å²) in [6.07, 6.45) is 4.08. The number of aromatic nitrogens is 1. The van der Waals surface area contributed by atoms with Crippen LogP contribution in [-0.2, 0) is 10.0 Å². The van der Waals surface area contributed by atoms with E-state index in [4.69, 9.17) is 0 Å². The van der Waals surface area contributed by atoms with Crippen LogP contribution in [0.15, 0.2) is 9.00 Å². The van der Waals surface area contributed by atoms with Gasteiger partial charge in [-0.2, -0.15) is 0 Å². The number of aryl methyl sites for hydroxylation is 1. The minimum atomic E-state index is -3.56. The summed E-state index contributed by atoms with van der Waals surface area (Å²) in [7, 11) is -3.56. The molecule has 1 fully saturated rings. The van der Waals surface area contributed by atoms with E-state index in [-0.39, 0.29) is 15.1 Å². The van der Waals surface area contributed by atoms with Gasteiger partial charge in [-0.1, -0.05) is 31.1 Å². The molecule has 1 unspecified atom stereocenters. The fourth-order valence-corrected chi connectivity index (χ4v) is 4.62. The lowest BCUT2D eigenvalue weighted by molar-refractivity contribution is 0.496. The van der Waals surface area contributed by atoms with Crippen LogP contribution in [0.5, 0.6) is 0 Å². The minimum absolute atomic E-state index is 0.0286. The number of H-pyrrole nitrogens is 1. The van der Waals surface area contributed by atoms with Crippen LogP contribution in [0.25, 0.3) is 0 Å². The molecule has 1 atom stereocenters. The topological polar surface area (TPSA) is 79.0 Å². The number of hydrogen-bond acceptors (Lipinski definition) is 4. The van der Waals surface area contributed by atoms with Crippen molar-refractivity contribution in [2.45, 2.75) is 49.8 Å². The molecule has 0 aromatic carbocycles. The third kappa shape index (κ3) is 3.21. The Morgan fingerprint density at radius 2 is 2.17 bits per heavy atom. The van der Waals surface area contributed by atoms with Crippen LogP contribution in [0.4, 0.5) is 0 Å². The summed E-state index contributed by atoms with van der Waals surface area (Å²) in [6, 6.07) is -0.0286. The van der Waals surface area contributed by atoms with Crippen molar-refractivity contribution in [3.05, 3.63) is 15.4 Å². The molecule has 0 radical (unpaired) electrons. The Morgan fingerprint density at radius 1 is 1.50 bits per heavy atom. The predicted molar refractivity (Wildman–Crippen MR) is 71.4 cm³/mol. The van der Waals surface area contributed by atoms with Gasteiger partial charge >= 0.3 is 4.87 Å². The van der Waals surface area contributed by atoms with E-state index < -0.39 is 10.0 Å². The van der Waals surface area contributed by atoms with Gasteiger partial charge in [0.15, 0.2) is 4.21 Å². The molecule has 2 rings (SSSR count). The second-order valence-corrected chi connectivity index (χ2v) is 7.72. The van der Waals surface area contributed by atoms with Gasteiger partial charge in [0.25, 0.3) is 10.0 Å². The highest BCUT2D eigenvalue weighted by molar-refractivity contribution is 7.91. The second-order valence-electron chi connectivity index (χ2n) is 4.83. The molecule has 0 saturated heterocycles. The van der Waals surface area contributed by atoms with Crippen molar-refractivity contribution in [3.63, 3.8) is 0 Å². The normalized spacial score (nSPS) is 17.9. The molecule has 1 heterocycles. The Labute approximate surface area is 111 Å². The van der Waals surface area contributed by atoms with E-state index in [9.17, 15) is 13.2 Å². The predicted octanol–water partition coefficient (Wildman–Crippen LogP) is 1.60. The SMILES string of the molecule is CCC(CC1CC1)NS(=O)(=O)c1sc(=O)[nH]c1C. The molecule has 1 saturated carbocycles. The van der Waals surface area contributed by atoms with Crippen molar-refractivity contribution in [2.24, 2.45) is 5.92 Å². The lowest BCUT2D eigenvalue weighted by Gasteiger charge is -2.16. The Balaban J connectivity index is 2.14. The Morgan fingerprint density at radius 3 is 2.61 bits per heavy atom. The summed E-state index contributed by atoms with van der Waals surface area (Å²) < 4.78 is 27.2. The van der Waals surface area contributed by atoms with Crippen LogP contribution in [0.2, 0.25) is 0 Å². The van der Waals surface area contributed by atoms with Crippen molar-refractivity contribution in [1.82, 2.24) is 9.71 Å². The highest BCUT2D eigenvalue weighted by atomic mass is 32.2. The van der Waals surface area contributed by atoms with Gasteiger partial charge in [0.1, 0.15) is 0 Å². The molecule has 102 valence electrons. The largest absolute Gasteiger partial charge is 0.315 e. The second kappa shape index (κ2) is 5.14. The van der Waals surface area contributed by atoms with Crippen molar-refractivity contribution in [3.8, 4) is 0 Å². The molecule has 1 aromatic rings. The minimum Gasteiger partial charge on any atom is -0.315 e. The van der Waals surface area contributed by atoms with Gasteiger partial charge in [0.2, 0.25) is 0 Å². The molecule has 18 heavy (non-hydrogen) atoms. The lowest BCUT2D eigenvalue weighted by atomic mass is 10.1. The van der Waals surface area contributed by atoms with E-state index in [2.05, 4.69) is 9.71 Å². The van der Waals surface area contributed by atoms with Gasteiger partial charge in [0, 0.05) is 11.7 Å². The fourth-order valence-electron chi connectivity index (χ4n) is 1.97. The quantitative estimate of drug-likeness (QED) is 0.835. The molecule has 0 aliphatic heterocycles. The first kappa shape index (κ1) is 13.8. The molecular formula is C11H18N2O3S2. The molecular weight excluding hydrogens is 272 g/mol. The van der Waals surface area contributed by atoms with Gasteiger partial charge in [-0.3, -0.25) is 4.79 Å². The first-order valence-electron chi connectivity index (χ1n) is 6.14. The molecule has 1 aliphatic carbocycles. The number of thiazole rings is 1. The van der Waals surface area contributed by atoms with Gasteiger partial charge in [0.05, 0.1) is 0 Å².